The molecule has 1 aromatic carbocycles. The number of nitrogens with zero attached hydrogens (tertiary/aromatic N) is 1. The van der Waals surface area contributed by atoms with Crippen molar-refractivity contribution in [1.82, 2.24) is 10.2 Å². The van der Waals surface area contributed by atoms with E-state index in [2.05, 4.69) is 10.6 Å². The number of piperazine rings is 1. The lowest BCUT2D eigenvalue weighted by Gasteiger charge is -2.31. The van der Waals surface area contributed by atoms with Gasteiger partial charge in [-0.1, -0.05) is 11.6 Å². The molecule has 0 aliphatic carbocycles. The Bertz CT molecular complexity index is 538. The van der Waals surface area contributed by atoms with E-state index in [0.29, 0.717) is 18.8 Å². The van der Waals surface area contributed by atoms with Crippen molar-refractivity contribution in [1.29, 1.82) is 0 Å². The number of carbonyl (C=O) groups is 2. The third kappa shape index (κ3) is 3.46. The van der Waals surface area contributed by atoms with Crippen LogP contribution in [0.3, 0.4) is 0 Å². The maximum atomic E-state index is 13.0. The zero-order valence-electron chi connectivity index (χ0n) is 11.0. The van der Waals surface area contributed by atoms with Crippen LogP contribution in [0.4, 0.5) is 10.1 Å². The fourth-order valence-electron chi connectivity index (χ4n) is 1.98. The summed E-state index contributed by atoms with van der Waals surface area (Å²) in [4.78, 5) is 25.2. The molecule has 0 spiro atoms. The minimum atomic E-state index is -0.537. The molecule has 2 rings (SSSR count). The highest BCUT2D eigenvalue weighted by atomic mass is 35.5. The number of nitrogens with one attached hydrogen (secondary N) is 2. The van der Waals surface area contributed by atoms with E-state index in [1.807, 2.05) is 0 Å². The second-order valence-electron chi connectivity index (χ2n) is 4.61. The summed E-state index contributed by atoms with van der Waals surface area (Å²) < 4.78 is 13.0. The molecule has 1 fully saturated rings. The number of hydrogen-bond donors (Lipinski definition) is 2. The topological polar surface area (TPSA) is 61.4 Å². The minimum absolute atomic E-state index is 0.0483. The molecule has 0 aromatic heterocycles. The summed E-state index contributed by atoms with van der Waals surface area (Å²) in [6, 6.07) is 3.53. The van der Waals surface area contributed by atoms with Gasteiger partial charge in [-0.2, -0.15) is 0 Å². The molecule has 0 unspecified atom stereocenters. The summed E-state index contributed by atoms with van der Waals surface area (Å²) in [5.74, 6) is -0.895. The number of carbonyl (C=O) groups excluding carboxylic acids is 2. The van der Waals surface area contributed by atoms with Gasteiger partial charge in [-0.05, 0) is 25.1 Å². The van der Waals surface area contributed by atoms with Crippen LogP contribution in [-0.4, -0.2) is 42.4 Å². The summed E-state index contributed by atoms with van der Waals surface area (Å²) >= 11 is 5.66. The molecule has 1 atom stereocenters. The van der Waals surface area contributed by atoms with E-state index in [9.17, 15) is 14.0 Å². The quantitative estimate of drug-likeness (QED) is 0.883. The first-order valence-electron chi connectivity index (χ1n) is 6.24. The minimum Gasteiger partial charge on any atom is -0.354 e. The summed E-state index contributed by atoms with van der Waals surface area (Å²) in [5.41, 5.74) is 0.426. The Labute approximate surface area is 121 Å². The van der Waals surface area contributed by atoms with Gasteiger partial charge in [0.05, 0.1) is 17.6 Å². The summed E-state index contributed by atoms with van der Waals surface area (Å²) in [5, 5.41) is 5.31. The largest absolute Gasteiger partial charge is 0.354 e. The number of amides is 2. The zero-order valence-corrected chi connectivity index (χ0v) is 11.7. The van der Waals surface area contributed by atoms with Crippen molar-refractivity contribution in [2.24, 2.45) is 0 Å². The normalized spacial score (nSPS) is 17.4. The molecule has 20 heavy (non-hydrogen) atoms. The molecule has 0 bridgehead atoms. The summed E-state index contributed by atoms with van der Waals surface area (Å²) in [6.07, 6.45) is 0. The van der Waals surface area contributed by atoms with Gasteiger partial charge in [-0.25, -0.2) is 4.39 Å². The Morgan fingerprint density at radius 2 is 2.30 bits per heavy atom. The van der Waals surface area contributed by atoms with E-state index in [0.717, 1.165) is 0 Å². The van der Waals surface area contributed by atoms with Crippen LogP contribution < -0.4 is 10.6 Å². The van der Waals surface area contributed by atoms with E-state index < -0.39 is 11.9 Å². The second kappa shape index (κ2) is 6.19. The molecule has 1 saturated heterocycles. The summed E-state index contributed by atoms with van der Waals surface area (Å²) in [6.45, 7) is 3.06. The van der Waals surface area contributed by atoms with Gasteiger partial charge < -0.3 is 10.6 Å². The highest BCUT2D eigenvalue weighted by Gasteiger charge is 2.26. The molecule has 0 radical (unpaired) electrons. The average Bonchev–Trinajstić information content (AvgIpc) is 2.42. The number of halogens is 2. The fraction of sp³-hybridized carbons (Fsp3) is 0.385. The van der Waals surface area contributed by atoms with Gasteiger partial charge in [0.1, 0.15) is 5.82 Å². The first-order chi connectivity index (χ1) is 9.47. The van der Waals surface area contributed by atoms with Crippen molar-refractivity contribution < 1.29 is 14.0 Å². The van der Waals surface area contributed by atoms with Gasteiger partial charge >= 0.3 is 0 Å². The smallest absolute Gasteiger partial charge is 0.241 e. The first kappa shape index (κ1) is 14.7. The molecule has 0 saturated carbocycles. The van der Waals surface area contributed by atoms with Crippen molar-refractivity contribution in [3.8, 4) is 0 Å². The van der Waals surface area contributed by atoms with Crippen molar-refractivity contribution >= 4 is 29.1 Å². The Hall–Kier alpha value is -1.66. The molecule has 2 N–H and O–H groups in total. The van der Waals surface area contributed by atoms with Crippen molar-refractivity contribution in [3.05, 3.63) is 29.0 Å². The number of rotatable bonds is 3. The maximum Gasteiger partial charge on any atom is 0.241 e. The average molecular weight is 300 g/mol. The van der Waals surface area contributed by atoms with Crippen LogP contribution in [-0.2, 0) is 9.59 Å². The molecule has 2 amide bonds. The standard InChI is InChI=1S/C13H15ClFN3O2/c1-8(18-5-4-16-12(19)7-18)13(20)17-9-2-3-11(15)10(14)6-9/h2-3,6,8H,4-5,7H2,1H3,(H,16,19)(H,17,20)/t8-/m1/s1. The summed E-state index contributed by atoms with van der Waals surface area (Å²) in [7, 11) is 0. The third-order valence-corrected chi connectivity index (χ3v) is 3.47. The van der Waals surface area contributed by atoms with Crippen LogP contribution in [0.5, 0.6) is 0 Å². The number of benzene rings is 1. The lowest BCUT2D eigenvalue weighted by molar-refractivity contribution is -0.127. The Morgan fingerprint density at radius 1 is 1.55 bits per heavy atom. The Balaban J connectivity index is 1.99. The van der Waals surface area contributed by atoms with Gasteiger partial charge in [0.15, 0.2) is 0 Å². The molecule has 7 heteroatoms. The number of anilines is 1. The zero-order chi connectivity index (χ0) is 14.7. The fourth-order valence-corrected chi connectivity index (χ4v) is 2.16. The van der Waals surface area contributed by atoms with Crippen LogP contribution in [0.15, 0.2) is 18.2 Å². The lowest BCUT2D eigenvalue weighted by Crippen LogP contribution is -2.53. The number of hydrogen-bond acceptors (Lipinski definition) is 3. The molecule has 1 aliphatic heterocycles. The highest BCUT2D eigenvalue weighted by Crippen LogP contribution is 2.19. The SMILES string of the molecule is C[C@H](C(=O)Nc1ccc(F)c(Cl)c1)N1CCNC(=O)C1. The van der Waals surface area contributed by atoms with E-state index in [4.69, 9.17) is 11.6 Å². The molecule has 5 nitrogen and oxygen atoms in total. The molecule has 1 aromatic rings. The Kier molecular flexibility index (Phi) is 4.57. The molecular weight excluding hydrogens is 285 g/mol. The molecular formula is C13H15ClFN3O2. The molecule has 108 valence electrons. The van der Waals surface area contributed by atoms with Crippen LogP contribution in [0.25, 0.3) is 0 Å². The highest BCUT2D eigenvalue weighted by molar-refractivity contribution is 6.31. The van der Waals surface area contributed by atoms with Gasteiger partial charge in [-0.3, -0.25) is 14.5 Å². The Morgan fingerprint density at radius 3 is 2.95 bits per heavy atom. The van der Waals surface area contributed by atoms with Crippen molar-refractivity contribution in [2.75, 3.05) is 25.0 Å². The molecule has 1 heterocycles. The van der Waals surface area contributed by atoms with Crippen molar-refractivity contribution in [2.45, 2.75) is 13.0 Å². The van der Waals surface area contributed by atoms with E-state index in [1.54, 1.807) is 11.8 Å². The first-order valence-corrected chi connectivity index (χ1v) is 6.62. The van der Waals surface area contributed by atoms with Gasteiger partial charge in [-0.15, -0.1) is 0 Å². The lowest BCUT2D eigenvalue weighted by atomic mass is 10.2. The van der Waals surface area contributed by atoms with Crippen LogP contribution >= 0.6 is 11.6 Å². The van der Waals surface area contributed by atoms with Gasteiger partial charge in [0.2, 0.25) is 11.8 Å². The van der Waals surface area contributed by atoms with Crippen molar-refractivity contribution in [3.63, 3.8) is 0 Å². The third-order valence-electron chi connectivity index (χ3n) is 3.18. The van der Waals surface area contributed by atoms with Gasteiger partial charge in [0.25, 0.3) is 0 Å². The van der Waals surface area contributed by atoms with Crippen LogP contribution in [0.1, 0.15) is 6.92 Å². The van der Waals surface area contributed by atoms with E-state index in [-0.39, 0.29) is 23.4 Å². The van der Waals surface area contributed by atoms with E-state index >= 15 is 0 Å². The van der Waals surface area contributed by atoms with Crippen LogP contribution in [0.2, 0.25) is 5.02 Å². The molecule has 1 aliphatic rings. The van der Waals surface area contributed by atoms with Gasteiger partial charge in [0, 0.05) is 18.8 Å². The van der Waals surface area contributed by atoms with E-state index in [1.165, 1.54) is 18.2 Å². The monoisotopic (exact) mass is 299 g/mol. The van der Waals surface area contributed by atoms with Crippen LogP contribution in [0, 0.1) is 5.82 Å². The predicted octanol–water partition coefficient (Wildman–Crippen LogP) is 1.24. The second-order valence-corrected chi connectivity index (χ2v) is 5.02. The maximum absolute atomic E-state index is 13.0. The predicted molar refractivity (Wildman–Crippen MR) is 74.1 cm³/mol.